The highest BCUT2D eigenvalue weighted by Gasteiger charge is 2.74. The van der Waals surface area contributed by atoms with Gasteiger partial charge in [0.05, 0.1) is 0 Å². The van der Waals surface area contributed by atoms with E-state index in [-0.39, 0.29) is 0 Å². The molecule has 17 heavy (non-hydrogen) atoms. The molecule has 0 nitrogen and oxygen atoms in total. The minimum absolute atomic E-state index is 0.602. The molecule has 3 saturated carbocycles. The summed E-state index contributed by atoms with van der Waals surface area (Å²) in [5.41, 5.74) is 1.21. The molecule has 6 atom stereocenters. The predicted molar refractivity (Wildman–Crippen MR) is 79.4 cm³/mol. The Morgan fingerprint density at radius 2 is 1.88 bits per heavy atom. The molecule has 0 heterocycles. The van der Waals surface area contributed by atoms with Crippen LogP contribution in [-0.2, 0) is 0 Å². The molecule has 3 fully saturated rings. The summed E-state index contributed by atoms with van der Waals surface area (Å²) in [6.45, 7) is 14.8. The van der Waals surface area contributed by atoms with Crippen molar-refractivity contribution in [2.24, 2.45) is 40.4 Å². The third-order valence-corrected chi connectivity index (χ3v) is 7.21. The van der Waals surface area contributed by atoms with Crippen molar-refractivity contribution < 1.29 is 0 Å². The van der Waals surface area contributed by atoms with E-state index in [1.807, 2.05) is 0 Å². The molecule has 0 spiro atoms. The molecule has 0 amide bonds. The molecule has 0 aromatic heterocycles. The zero-order valence-electron chi connectivity index (χ0n) is 12.5. The first kappa shape index (κ1) is 13.8. The van der Waals surface area contributed by atoms with E-state index in [2.05, 4.69) is 41.5 Å². The van der Waals surface area contributed by atoms with Crippen LogP contribution in [0.2, 0.25) is 0 Å². The zero-order chi connectivity index (χ0) is 13.0. The van der Waals surface area contributed by atoms with E-state index in [1.54, 1.807) is 0 Å². The maximum absolute atomic E-state index is 4.72. The third-order valence-electron chi connectivity index (χ3n) is 6.81. The number of thiol groups is 1. The van der Waals surface area contributed by atoms with Gasteiger partial charge < -0.3 is 0 Å². The summed E-state index contributed by atoms with van der Waals surface area (Å²) in [6.07, 6.45) is 2.79. The first-order valence-corrected chi connectivity index (χ1v) is 8.10. The van der Waals surface area contributed by atoms with Crippen molar-refractivity contribution in [2.45, 2.75) is 54.4 Å². The van der Waals surface area contributed by atoms with Gasteiger partial charge in [-0.25, -0.2) is 0 Å². The van der Waals surface area contributed by atoms with Gasteiger partial charge in [0.25, 0.3) is 0 Å². The Bertz CT molecular complexity index is 298. The fourth-order valence-electron chi connectivity index (χ4n) is 5.96. The molecular weight excluding hydrogens is 224 g/mol. The minimum Gasteiger partial charge on any atom is -0.179 e. The smallest absolute Gasteiger partial charge is 0.00610 e. The van der Waals surface area contributed by atoms with E-state index in [0.29, 0.717) is 10.8 Å². The molecule has 3 aliphatic rings. The van der Waals surface area contributed by atoms with Crippen LogP contribution in [0.3, 0.4) is 0 Å². The van der Waals surface area contributed by atoms with Gasteiger partial charge in [0.2, 0.25) is 0 Å². The Kier molecular flexibility index (Phi) is 3.39. The standard InChI is InChI=1S/C16H30S/c1-7-11(4)16-9-15(6,12(16)5)14(10(2)3)13(16)8-17/h10-14,17H,7-9H2,1-6H3/t11?,12-,13?,14?,15?,16?/m1/s1. The van der Waals surface area contributed by atoms with E-state index < -0.39 is 0 Å². The van der Waals surface area contributed by atoms with Gasteiger partial charge in [0, 0.05) is 0 Å². The van der Waals surface area contributed by atoms with Gasteiger partial charge >= 0.3 is 0 Å². The van der Waals surface area contributed by atoms with Gasteiger partial charge in [-0.1, -0.05) is 48.0 Å². The summed E-state index contributed by atoms with van der Waals surface area (Å²) in [4.78, 5) is 0. The SMILES string of the molecule is CCC(C)C12CC(C)(C(C(C)C)C1CS)[C@H]2C. The van der Waals surface area contributed by atoms with Gasteiger partial charge in [0.15, 0.2) is 0 Å². The normalized spacial score (nSPS) is 50.5. The largest absolute Gasteiger partial charge is 0.179 e. The lowest BCUT2D eigenvalue weighted by Gasteiger charge is -2.58. The van der Waals surface area contributed by atoms with Gasteiger partial charge in [0.1, 0.15) is 0 Å². The first-order valence-electron chi connectivity index (χ1n) is 7.47. The molecule has 100 valence electrons. The molecule has 0 aromatic rings. The maximum atomic E-state index is 4.72. The molecule has 0 aromatic carbocycles. The van der Waals surface area contributed by atoms with Crippen molar-refractivity contribution in [2.75, 3.05) is 5.75 Å². The highest BCUT2D eigenvalue weighted by atomic mass is 32.1. The highest BCUT2D eigenvalue weighted by molar-refractivity contribution is 7.80. The minimum atomic E-state index is 0.602. The summed E-state index contributed by atoms with van der Waals surface area (Å²) in [7, 11) is 0. The summed E-state index contributed by atoms with van der Waals surface area (Å²) < 4.78 is 0. The second-order valence-corrected chi connectivity index (χ2v) is 7.75. The molecule has 0 N–H and O–H groups in total. The molecule has 1 heteroatoms. The van der Waals surface area contributed by atoms with Crippen LogP contribution in [0.1, 0.15) is 54.4 Å². The lowest BCUT2D eigenvalue weighted by atomic mass is 9.47. The summed E-state index contributed by atoms with van der Waals surface area (Å²) >= 11 is 4.72. The van der Waals surface area contributed by atoms with Crippen molar-refractivity contribution in [3.63, 3.8) is 0 Å². The van der Waals surface area contributed by atoms with Crippen LogP contribution < -0.4 is 0 Å². The molecule has 0 radical (unpaired) electrons. The average molecular weight is 254 g/mol. The Labute approximate surface area is 113 Å². The second kappa shape index (κ2) is 4.18. The lowest BCUT2D eigenvalue weighted by Crippen LogP contribution is -2.51. The van der Waals surface area contributed by atoms with Crippen LogP contribution in [-0.4, -0.2) is 5.75 Å². The van der Waals surface area contributed by atoms with Crippen LogP contribution >= 0.6 is 12.6 Å². The van der Waals surface area contributed by atoms with Crippen molar-refractivity contribution >= 4 is 12.6 Å². The van der Waals surface area contributed by atoms with Crippen LogP contribution in [0.4, 0.5) is 0 Å². The summed E-state index contributed by atoms with van der Waals surface area (Å²) in [6, 6.07) is 0. The molecule has 3 rings (SSSR count). The van der Waals surface area contributed by atoms with Crippen molar-refractivity contribution in [1.29, 1.82) is 0 Å². The van der Waals surface area contributed by atoms with E-state index in [4.69, 9.17) is 12.6 Å². The lowest BCUT2D eigenvalue weighted by molar-refractivity contribution is -0.0916. The molecule has 0 saturated heterocycles. The van der Waals surface area contributed by atoms with Crippen LogP contribution in [0.15, 0.2) is 0 Å². The van der Waals surface area contributed by atoms with Crippen LogP contribution in [0.25, 0.3) is 0 Å². The Morgan fingerprint density at radius 1 is 1.29 bits per heavy atom. The topological polar surface area (TPSA) is 0 Å². The van der Waals surface area contributed by atoms with Gasteiger partial charge in [-0.3, -0.25) is 0 Å². The second-order valence-electron chi connectivity index (χ2n) is 7.38. The highest BCUT2D eigenvalue weighted by Crippen LogP contribution is 2.79. The summed E-state index contributed by atoms with van der Waals surface area (Å²) in [5, 5.41) is 0. The quantitative estimate of drug-likeness (QED) is 0.678. The number of rotatable bonds is 4. The fraction of sp³-hybridized carbons (Fsp3) is 1.00. The number of hydrogen-bond acceptors (Lipinski definition) is 1. The van der Waals surface area contributed by atoms with E-state index >= 15 is 0 Å². The Balaban J connectivity index is 2.39. The van der Waals surface area contributed by atoms with Crippen LogP contribution in [0, 0.1) is 40.4 Å². The van der Waals surface area contributed by atoms with Crippen molar-refractivity contribution in [1.82, 2.24) is 0 Å². The molecule has 2 bridgehead atoms. The van der Waals surface area contributed by atoms with Gasteiger partial charge in [-0.15, -0.1) is 0 Å². The molecule has 3 aliphatic carbocycles. The zero-order valence-corrected chi connectivity index (χ0v) is 13.3. The Morgan fingerprint density at radius 3 is 2.24 bits per heavy atom. The predicted octanol–water partition coefficient (Wildman–Crippen LogP) is 4.90. The monoisotopic (exact) mass is 254 g/mol. The number of hydrogen-bond donors (Lipinski definition) is 1. The molecule has 0 aliphatic heterocycles. The maximum Gasteiger partial charge on any atom is -0.00610 e. The third kappa shape index (κ3) is 1.44. The van der Waals surface area contributed by atoms with E-state index in [1.165, 1.54) is 12.8 Å². The molecular formula is C16H30S. The first-order chi connectivity index (χ1) is 7.86. The Hall–Kier alpha value is 0.350. The van der Waals surface area contributed by atoms with Gasteiger partial charge in [-0.2, -0.15) is 12.6 Å². The average Bonchev–Trinajstić information content (AvgIpc) is 2.68. The number of fused-ring (bicyclic) bond motifs is 1. The van der Waals surface area contributed by atoms with E-state index in [9.17, 15) is 0 Å². The van der Waals surface area contributed by atoms with Crippen molar-refractivity contribution in [3.8, 4) is 0 Å². The fourth-order valence-corrected chi connectivity index (χ4v) is 6.52. The molecule has 5 unspecified atom stereocenters. The summed E-state index contributed by atoms with van der Waals surface area (Å²) in [5.74, 6) is 5.41. The van der Waals surface area contributed by atoms with E-state index in [0.717, 1.165) is 35.3 Å². The van der Waals surface area contributed by atoms with Gasteiger partial charge in [-0.05, 0) is 52.6 Å². The van der Waals surface area contributed by atoms with Crippen LogP contribution in [0.5, 0.6) is 0 Å². The van der Waals surface area contributed by atoms with Crippen molar-refractivity contribution in [3.05, 3.63) is 0 Å².